The lowest BCUT2D eigenvalue weighted by atomic mass is 9.92. The van der Waals surface area contributed by atoms with Gasteiger partial charge in [-0.1, -0.05) is 0 Å². The van der Waals surface area contributed by atoms with Crippen LogP contribution in [0.3, 0.4) is 0 Å². The molecule has 0 aromatic carbocycles. The molecule has 2 heterocycles. The number of hydrogen-bond donors (Lipinski definition) is 1. The van der Waals surface area contributed by atoms with E-state index in [1.54, 1.807) is 7.11 Å². The van der Waals surface area contributed by atoms with E-state index in [4.69, 9.17) is 9.47 Å². The summed E-state index contributed by atoms with van der Waals surface area (Å²) in [4.78, 5) is 12.5. The van der Waals surface area contributed by atoms with E-state index >= 15 is 0 Å². The molecule has 2 fully saturated rings. The highest BCUT2D eigenvalue weighted by atomic mass is 19.4. The monoisotopic (exact) mass is 338 g/mol. The van der Waals surface area contributed by atoms with Gasteiger partial charge in [-0.2, -0.15) is 13.2 Å². The Hall–Kier alpha value is -0.860. The van der Waals surface area contributed by atoms with E-state index in [0.29, 0.717) is 26.2 Å². The lowest BCUT2D eigenvalue weighted by Gasteiger charge is -2.42. The summed E-state index contributed by atoms with van der Waals surface area (Å²) in [7, 11) is 1.65. The number of amides is 1. The molecule has 8 heteroatoms. The molecule has 23 heavy (non-hydrogen) atoms. The second-order valence-corrected chi connectivity index (χ2v) is 6.38. The van der Waals surface area contributed by atoms with Gasteiger partial charge in [0, 0.05) is 59.2 Å². The molecule has 0 saturated carbocycles. The van der Waals surface area contributed by atoms with Crippen LogP contribution in [-0.2, 0) is 14.3 Å². The number of halogens is 3. The van der Waals surface area contributed by atoms with E-state index in [0.717, 1.165) is 17.7 Å². The number of nitrogens with one attached hydrogen (secondary N) is 1. The van der Waals surface area contributed by atoms with Gasteiger partial charge in [0.25, 0.3) is 0 Å². The predicted octanol–water partition coefficient (Wildman–Crippen LogP) is 1.71. The highest BCUT2D eigenvalue weighted by molar-refractivity contribution is 5.73. The minimum Gasteiger partial charge on any atom is -0.381 e. The minimum atomic E-state index is -4.37. The first-order chi connectivity index (χ1) is 10.8. The zero-order chi connectivity index (χ0) is 17.1. The van der Waals surface area contributed by atoms with Crippen molar-refractivity contribution in [1.82, 2.24) is 10.2 Å². The molecule has 0 bridgehead atoms. The van der Waals surface area contributed by atoms with Gasteiger partial charge in [0.2, 0.25) is 5.91 Å². The van der Waals surface area contributed by atoms with Crippen LogP contribution in [0, 0.1) is 0 Å². The standard InChI is InChI=1S/C15H25F3N2O3/c1-11(21)20-9-12(3-4-13(20)15(16,17)18)19-10-14(22-2)5-7-23-8-6-14/h12-13,19H,3-10H2,1-2H3. The second kappa shape index (κ2) is 7.36. The van der Waals surface area contributed by atoms with Crippen molar-refractivity contribution in [2.24, 2.45) is 0 Å². The Balaban J connectivity index is 1.93. The summed E-state index contributed by atoms with van der Waals surface area (Å²) in [5.41, 5.74) is -0.333. The van der Waals surface area contributed by atoms with Gasteiger partial charge in [0.1, 0.15) is 6.04 Å². The summed E-state index contributed by atoms with van der Waals surface area (Å²) in [6.45, 7) is 3.07. The fourth-order valence-corrected chi connectivity index (χ4v) is 3.35. The summed E-state index contributed by atoms with van der Waals surface area (Å²) >= 11 is 0. The van der Waals surface area contributed by atoms with Crippen molar-refractivity contribution in [2.75, 3.05) is 33.4 Å². The van der Waals surface area contributed by atoms with Crippen molar-refractivity contribution in [1.29, 1.82) is 0 Å². The molecule has 0 radical (unpaired) electrons. The van der Waals surface area contributed by atoms with Crippen LogP contribution in [0.25, 0.3) is 0 Å². The van der Waals surface area contributed by atoms with Crippen molar-refractivity contribution < 1.29 is 27.4 Å². The Labute approximate surface area is 134 Å². The molecular weight excluding hydrogens is 313 g/mol. The van der Waals surface area contributed by atoms with Crippen molar-refractivity contribution in [3.05, 3.63) is 0 Å². The highest BCUT2D eigenvalue weighted by Crippen LogP contribution is 2.32. The van der Waals surface area contributed by atoms with Crippen molar-refractivity contribution >= 4 is 5.91 Å². The molecule has 2 saturated heterocycles. The number of ether oxygens (including phenoxy) is 2. The van der Waals surface area contributed by atoms with Crippen LogP contribution in [0.15, 0.2) is 0 Å². The summed E-state index contributed by atoms with van der Waals surface area (Å²) in [6, 6.07) is -1.81. The number of rotatable bonds is 4. The van der Waals surface area contributed by atoms with Crippen molar-refractivity contribution in [3.8, 4) is 0 Å². The lowest BCUT2D eigenvalue weighted by Crippen LogP contribution is -2.59. The van der Waals surface area contributed by atoms with Gasteiger partial charge in [-0.25, -0.2) is 0 Å². The van der Waals surface area contributed by atoms with Gasteiger partial charge in [0.05, 0.1) is 5.60 Å². The summed E-state index contributed by atoms with van der Waals surface area (Å²) in [5, 5.41) is 3.30. The Morgan fingerprint density at radius 1 is 1.35 bits per heavy atom. The van der Waals surface area contributed by atoms with Gasteiger partial charge in [-0.05, 0) is 12.8 Å². The molecule has 0 aromatic heterocycles. The van der Waals surface area contributed by atoms with Crippen LogP contribution >= 0.6 is 0 Å². The first kappa shape index (κ1) is 18.5. The lowest BCUT2D eigenvalue weighted by molar-refractivity contribution is -0.196. The third kappa shape index (κ3) is 4.58. The molecule has 2 unspecified atom stereocenters. The first-order valence-corrected chi connectivity index (χ1v) is 7.98. The number of likely N-dealkylation sites (tertiary alicyclic amines) is 1. The van der Waals surface area contributed by atoms with Crippen LogP contribution in [-0.4, -0.2) is 68.1 Å². The largest absolute Gasteiger partial charge is 0.408 e. The number of carbonyl (C=O) groups is 1. The average molecular weight is 338 g/mol. The minimum absolute atomic E-state index is 0.0656. The zero-order valence-electron chi connectivity index (χ0n) is 13.6. The molecule has 1 N–H and O–H groups in total. The van der Waals surface area contributed by atoms with E-state index < -0.39 is 18.1 Å². The SMILES string of the molecule is COC1(CNC2CCC(C(F)(F)F)N(C(C)=O)C2)CCOCC1. The topological polar surface area (TPSA) is 50.8 Å². The van der Waals surface area contributed by atoms with E-state index in [1.165, 1.54) is 6.92 Å². The molecule has 2 aliphatic rings. The fourth-order valence-electron chi connectivity index (χ4n) is 3.35. The predicted molar refractivity (Wildman–Crippen MR) is 78.0 cm³/mol. The number of methoxy groups -OCH3 is 1. The van der Waals surface area contributed by atoms with Crippen molar-refractivity contribution in [3.63, 3.8) is 0 Å². The third-order valence-electron chi connectivity index (χ3n) is 4.91. The molecule has 5 nitrogen and oxygen atoms in total. The Morgan fingerprint density at radius 3 is 2.52 bits per heavy atom. The van der Waals surface area contributed by atoms with Gasteiger partial charge in [-0.3, -0.25) is 4.79 Å². The van der Waals surface area contributed by atoms with Gasteiger partial charge >= 0.3 is 6.18 Å². The third-order valence-corrected chi connectivity index (χ3v) is 4.91. The summed E-state index contributed by atoms with van der Waals surface area (Å²) < 4.78 is 50.0. The van der Waals surface area contributed by atoms with Gasteiger partial charge < -0.3 is 19.7 Å². The maximum absolute atomic E-state index is 13.0. The smallest absolute Gasteiger partial charge is 0.381 e. The Morgan fingerprint density at radius 2 is 2.00 bits per heavy atom. The van der Waals surface area contributed by atoms with E-state index in [-0.39, 0.29) is 24.6 Å². The molecule has 0 aliphatic carbocycles. The molecular formula is C15H25F3N2O3. The number of nitrogens with zero attached hydrogens (tertiary/aromatic N) is 1. The van der Waals surface area contributed by atoms with Crippen molar-refractivity contribution in [2.45, 2.75) is 56.5 Å². The Bertz CT molecular complexity index is 411. The van der Waals surface area contributed by atoms with Crippen LogP contribution in [0.4, 0.5) is 13.2 Å². The fraction of sp³-hybridized carbons (Fsp3) is 0.933. The molecule has 1 amide bonds. The molecule has 2 rings (SSSR count). The maximum atomic E-state index is 13.0. The van der Waals surface area contributed by atoms with Crippen LogP contribution in [0.1, 0.15) is 32.6 Å². The zero-order valence-corrected chi connectivity index (χ0v) is 13.6. The van der Waals surface area contributed by atoms with Crippen LogP contribution < -0.4 is 5.32 Å². The number of hydrogen-bond acceptors (Lipinski definition) is 4. The maximum Gasteiger partial charge on any atom is 0.408 e. The quantitative estimate of drug-likeness (QED) is 0.848. The molecule has 0 spiro atoms. The van der Waals surface area contributed by atoms with Gasteiger partial charge in [0.15, 0.2) is 0 Å². The summed E-state index contributed by atoms with van der Waals surface area (Å²) in [5.74, 6) is -0.536. The molecule has 2 aliphatic heterocycles. The van der Waals surface area contributed by atoms with E-state index in [2.05, 4.69) is 5.32 Å². The highest BCUT2D eigenvalue weighted by Gasteiger charge is 2.47. The number of piperidine rings is 1. The number of alkyl halides is 3. The van der Waals surface area contributed by atoms with Gasteiger partial charge in [-0.15, -0.1) is 0 Å². The average Bonchev–Trinajstić information content (AvgIpc) is 2.52. The molecule has 134 valence electrons. The van der Waals surface area contributed by atoms with Crippen LogP contribution in [0.2, 0.25) is 0 Å². The second-order valence-electron chi connectivity index (χ2n) is 6.38. The first-order valence-electron chi connectivity index (χ1n) is 7.98. The number of carbonyl (C=O) groups excluding carboxylic acids is 1. The van der Waals surface area contributed by atoms with Crippen LogP contribution in [0.5, 0.6) is 0 Å². The summed E-state index contributed by atoms with van der Waals surface area (Å²) in [6.07, 6.45) is -2.53. The molecule has 0 aromatic rings. The van der Waals surface area contributed by atoms with E-state index in [1.807, 2.05) is 0 Å². The van der Waals surface area contributed by atoms with E-state index in [9.17, 15) is 18.0 Å². The normalized spacial score (nSPS) is 28.7. The Kier molecular flexibility index (Phi) is 5.91. The molecule has 2 atom stereocenters.